The van der Waals surface area contributed by atoms with Crippen LogP contribution in [-0.4, -0.2) is 49.9 Å². The lowest BCUT2D eigenvalue weighted by atomic mass is 10.2. The molecule has 0 saturated carbocycles. The van der Waals surface area contributed by atoms with Crippen LogP contribution in [0.15, 0.2) is 18.2 Å². The number of carbonyl (C=O) groups is 3. The van der Waals surface area contributed by atoms with E-state index in [-0.39, 0.29) is 13.0 Å². The minimum absolute atomic E-state index is 0.0765. The largest absolute Gasteiger partial charge is 0.490 e. The number of hydrogen-bond acceptors (Lipinski definition) is 7. The van der Waals surface area contributed by atoms with Gasteiger partial charge >= 0.3 is 12.1 Å². The van der Waals surface area contributed by atoms with Crippen LogP contribution in [-0.2, 0) is 19.1 Å². The zero-order chi connectivity index (χ0) is 21.3. The van der Waals surface area contributed by atoms with Gasteiger partial charge in [-0.15, -0.1) is 0 Å². The molecule has 0 saturated heterocycles. The summed E-state index contributed by atoms with van der Waals surface area (Å²) in [5, 5.41) is 5.20. The molecule has 0 atom stereocenters. The smallest absolute Gasteiger partial charge is 0.407 e. The van der Waals surface area contributed by atoms with E-state index in [4.69, 9.17) is 18.9 Å². The molecule has 9 heteroatoms. The Bertz CT molecular complexity index is 728. The van der Waals surface area contributed by atoms with E-state index >= 15 is 0 Å². The van der Waals surface area contributed by atoms with Gasteiger partial charge in [0.15, 0.2) is 18.1 Å². The van der Waals surface area contributed by atoms with E-state index in [1.807, 2.05) is 0 Å². The standard InChI is InChI=1S/C20H28N2O7/c1-20(2,3)29-19(25)21-9-4-6-18(24)28-13-17(23)22-14-7-8-15-16(12-14)27-11-5-10-26-15/h7-8,12H,4-6,9-11,13H2,1-3H3,(H,21,25)(H,22,23). The van der Waals surface area contributed by atoms with E-state index in [1.165, 1.54) is 0 Å². The SMILES string of the molecule is CC(C)(C)OC(=O)NCCCC(=O)OCC(=O)Nc1ccc2c(c1)OCCCO2. The Hall–Kier alpha value is -2.97. The molecule has 0 fully saturated rings. The number of nitrogens with one attached hydrogen (secondary N) is 2. The third-order valence-electron chi connectivity index (χ3n) is 3.62. The summed E-state index contributed by atoms with van der Waals surface area (Å²) in [5.74, 6) is 0.214. The molecule has 0 spiro atoms. The van der Waals surface area contributed by atoms with Gasteiger partial charge in [-0.2, -0.15) is 0 Å². The minimum atomic E-state index is -0.577. The minimum Gasteiger partial charge on any atom is -0.490 e. The first-order valence-electron chi connectivity index (χ1n) is 9.55. The van der Waals surface area contributed by atoms with Crippen molar-refractivity contribution in [3.63, 3.8) is 0 Å². The molecular weight excluding hydrogens is 380 g/mol. The number of alkyl carbamates (subject to hydrolysis) is 1. The number of fused-ring (bicyclic) bond motifs is 1. The van der Waals surface area contributed by atoms with Crippen LogP contribution in [0, 0.1) is 0 Å². The third-order valence-corrected chi connectivity index (χ3v) is 3.62. The first kappa shape index (κ1) is 22.3. The van der Waals surface area contributed by atoms with Crippen LogP contribution in [0.25, 0.3) is 0 Å². The second-order valence-electron chi connectivity index (χ2n) is 7.45. The van der Waals surface area contributed by atoms with Crippen molar-refractivity contribution in [2.45, 2.75) is 45.6 Å². The lowest BCUT2D eigenvalue weighted by molar-refractivity contribution is -0.147. The van der Waals surface area contributed by atoms with Crippen LogP contribution in [0.2, 0.25) is 0 Å². The third kappa shape index (κ3) is 8.71. The summed E-state index contributed by atoms with van der Waals surface area (Å²) in [4.78, 5) is 35.2. The number of ether oxygens (including phenoxy) is 4. The summed E-state index contributed by atoms with van der Waals surface area (Å²) < 4.78 is 21.1. The van der Waals surface area contributed by atoms with E-state index < -0.39 is 30.2 Å². The average Bonchev–Trinajstić information content (AvgIpc) is 2.87. The topological polar surface area (TPSA) is 112 Å². The van der Waals surface area contributed by atoms with E-state index in [2.05, 4.69) is 10.6 Å². The van der Waals surface area contributed by atoms with Gasteiger partial charge in [-0.3, -0.25) is 9.59 Å². The summed E-state index contributed by atoms with van der Waals surface area (Å²) in [6.45, 7) is 6.30. The second kappa shape index (κ2) is 10.5. The van der Waals surface area contributed by atoms with Gasteiger partial charge in [0.2, 0.25) is 0 Å². The highest BCUT2D eigenvalue weighted by Gasteiger charge is 2.16. The molecule has 0 unspecified atom stereocenters. The predicted octanol–water partition coefficient (Wildman–Crippen LogP) is 2.63. The first-order valence-corrected chi connectivity index (χ1v) is 9.55. The average molecular weight is 408 g/mol. The van der Waals surface area contributed by atoms with Crippen LogP contribution >= 0.6 is 0 Å². The Kier molecular flexibility index (Phi) is 8.11. The Balaban J connectivity index is 1.64. The highest BCUT2D eigenvalue weighted by molar-refractivity contribution is 5.93. The van der Waals surface area contributed by atoms with Crippen molar-refractivity contribution in [2.24, 2.45) is 0 Å². The van der Waals surface area contributed by atoms with Gasteiger partial charge in [0.05, 0.1) is 13.2 Å². The molecule has 0 aromatic heterocycles. The molecule has 0 aliphatic carbocycles. The maximum atomic E-state index is 12.0. The molecule has 1 aliphatic heterocycles. The van der Waals surface area contributed by atoms with Crippen molar-refractivity contribution in [1.29, 1.82) is 0 Å². The molecule has 1 aliphatic rings. The summed E-state index contributed by atoms with van der Waals surface area (Å²) in [6, 6.07) is 5.08. The zero-order valence-electron chi connectivity index (χ0n) is 17.0. The molecule has 1 heterocycles. The number of anilines is 1. The molecule has 2 rings (SSSR count). The number of rotatable bonds is 7. The quantitative estimate of drug-likeness (QED) is 0.527. The molecule has 9 nitrogen and oxygen atoms in total. The van der Waals surface area contributed by atoms with Gasteiger partial charge in [-0.25, -0.2) is 4.79 Å². The van der Waals surface area contributed by atoms with Crippen molar-refractivity contribution in [1.82, 2.24) is 5.32 Å². The molecule has 1 aromatic rings. The predicted molar refractivity (Wildman–Crippen MR) is 105 cm³/mol. The Morgan fingerprint density at radius 1 is 1.10 bits per heavy atom. The zero-order valence-corrected chi connectivity index (χ0v) is 17.0. The normalized spacial score (nSPS) is 13.1. The molecule has 29 heavy (non-hydrogen) atoms. The highest BCUT2D eigenvalue weighted by atomic mass is 16.6. The number of carbonyl (C=O) groups excluding carboxylic acids is 3. The van der Waals surface area contributed by atoms with Gasteiger partial charge < -0.3 is 29.6 Å². The molecule has 2 N–H and O–H groups in total. The summed E-state index contributed by atoms with van der Waals surface area (Å²) in [7, 11) is 0. The molecule has 1 aromatic carbocycles. The van der Waals surface area contributed by atoms with Crippen LogP contribution in [0.3, 0.4) is 0 Å². The maximum Gasteiger partial charge on any atom is 0.407 e. The second-order valence-corrected chi connectivity index (χ2v) is 7.45. The fraction of sp³-hybridized carbons (Fsp3) is 0.550. The van der Waals surface area contributed by atoms with Crippen molar-refractivity contribution >= 4 is 23.7 Å². The molecule has 0 bridgehead atoms. The summed E-state index contributed by atoms with van der Waals surface area (Å²) in [5.41, 5.74) is -0.0517. The van der Waals surface area contributed by atoms with Crippen LogP contribution < -0.4 is 20.1 Å². The molecule has 0 radical (unpaired) electrons. The Morgan fingerprint density at radius 2 is 1.83 bits per heavy atom. The van der Waals surface area contributed by atoms with Crippen LogP contribution in [0.4, 0.5) is 10.5 Å². The fourth-order valence-electron chi connectivity index (χ4n) is 2.39. The lowest BCUT2D eigenvalue weighted by Gasteiger charge is -2.19. The maximum absolute atomic E-state index is 12.0. The number of benzene rings is 1. The Morgan fingerprint density at radius 3 is 2.55 bits per heavy atom. The van der Waals surface area contributed by atoms with Gasteiger partial charge in [-0.05, 0) is 39.3 Å². The van der Waals surface area contributed by atoms with E-state index in [0.717, 1.165) is 6.42 Å². The number of amides is 2. The first-order chi connectivity index (χ1) is 13.7. The highest BCUT2D eigenvalue weighted by Crippen LogP contribution is 2.32. The number of esters is 1. The van der Waals surface area contributed by atoms with Crippen molar-refractivity contribution in [2.75, 3.05) is 31.7 Å². The van der Waals surface area contributed by atoms with Crippen molar-refractivity contribution < 1.29 is 33.3 Å². The van der Waals surface area contributed by atoms with Gasteiger partial charge in [0.1, 0.15) is 5.60 Å². The van der Waals surface area contributed by atoms with E-state index in [0.29, 0.717) is 36.8 Å². The van der Waals surface area contributed by atoms with E-state index in [1.54, 1.807) is 39.0 Å². The van der Waals surface area contributed by atoms with Gasteiger partial charge in [0.25, 0.3) is 5.91 Å². The van der Waals surface area contributed by atoms with Crippen molar-refractivity contribution in [3.05, 3.63) is 18.2 Å². The van der Waals surface area contributed by atoms with Crippen molar-refractivity contribution in [3.8, 4) is 11.5 Å². The monoisotopic (exact) mass is 408 g/mol. The Labute approximate surface area is 170 Å². The van der Waals surface area contributed by atoms with Crippen LogP contribution in [0.1, 0.15) is 40.0 Å². The van der Waals surface area contributed by atoms with Gasteiger partial charge in [-0.1, -0.05) is 0 Å². The fourth-order valence-corrected chi connectivity index (χ4v) is 2.39. The molecule has 160 valence electrons. The summed E-state index contributed by atoms with van der Waals surface area (Å²) >= 11 is 0. The summed E-state index contributed by atoms with van der Waals surface area (Å²) in [6.07, 6.45) is 0.703. The van der Waals surface area contributed by atoms with Gasteiger partial charge in [0, 0.05) is 31.1 Å². The van der Waals surface area contributed by atoms with E-state index in [9.17, 15) is 14.4 Å². The number of hydrogen-bond donors (Lipinski definition) is 2. The van der Waals surface area contributed by atoms with Crippen LogP contribution in [0.5, 0.6) is 11.5 Å². The molecular formula is C20H28N2O7. The lowest BCUT2D eigenvalue weighted by Crippen LogP contribution is -2.33. The molecule has 2 amide bonds.